The van der Waals surface area contributed by atoms with E-state index in [4.69, 9.17) is 9.84 Å². The molecule has 6 heteroatoms. The molecule has 1 aliphatic rings. The fourth-order valence-corrected chi connectivity index (χ4v) is 2.60. The standard InChI is InChI=1S/C11H10FNO3S/c1-16-8-4-2-3-6(12)9(8)10-13-7(5-17-10)11(14)15/h2-4,7H,5H2,1H3,(H,14,15). The Morgan fingerprint density at radius 3 is 3.00 bits per heavy atom. The molecule has 90 valence electrons. The van der Waals surface area contributed by atoms with Gasteiger partial charge in [0, 0.05) is 5.75 Å². The number of carboxylic acid groups (broad SMARTS) is 1. The minimum atomic E-state index is -0.997. The van der Waals surface area contributed by atoms with Gasteiger partial charge < -0.3 is 9.84 Å². The number of hydrogen-bond acceptors (Lipinski definition) is 4. The molecule has 0 saturated heterocycles. The second-order valence-electron chi connectivity index (χ2n) is 3.42. The fraction of sp³-hybridized carbons (Fsp3) is 0.273. The molecule has 4 nitrogen and oxygen atoms in total. The van der Waals surface area contributed by atoms with Crippen LogP contribution < -0.4 is 4.74 Å². The van der Waals surface area contributed by atoms with E-state index in [2.05, 4.69) is 4.99 Å². The van der Waals surface area contributed by atoms with Gasteiger partial charge in [-0.3, -0.25) is 4.99 Å². The second-order valence-corrected chi connectivity index (χ2v) is 4.43. The quantitative estimate of drug-likeness (QED) is 0.894. The number of aliphatic carboxylic acids is 1. The van der Waals surface area contributed by atoms with Crippen LogP contribution in [0.2, 0.25) is 0 Å². The number of nitrogens with zero attached hydrogens (tertiary/aromatic N) is 1. The molecule has 0 aliphatic carbocycles. The molecule has 1 aromatic carbocycles. The van der Waals surface area contributed by atoms with E-state index >= 15 is 0 Å². The zero-order chi connectivity index (χ0) is 12.4. The van der Waals surface area contributed by atoms with Gasteiger partial charge in [-0.05, 0) is 12.1 Å². The molecule has 17 heavy (non-hydrogen) atoms. The van der Waals surface area contributed by atoms with E-state index in [1.165, 1.54) is 31.0 Å². The van der Waals surface area contributed by atoms with Crippen molar-refractivity contribution in [3.05, 3.63) is 29.6 Å². The van der Waals surface area contributed by atoms with Crippen molar-refractivity contribution in [3.63, 3.8) is 0 Å². The van der Waals surface area contributed by atoms with E-state index in [0.717, 1.165) is 0 Å². The summed E-state index contributed by atoms with van der Waals surface area (Å²) in [5, 5.41) is 9.21. The lowest BCUT2D eigenvalue weighted by Crippen LogP contribution is -2.17. The van der Waals surface area contributed by atoms with Crippen molar-refractivity contribution in [2.75, 3.05) is 12.9 Å². The van der Waals surface area contributed by atoms with E-state index < -0.39 is 17.8 Å². The van der Waals surface area contributed by atoms with Crippen LogP contribution in [0.1, 0.15) is 5.56 Å². The minimum Gasteiger partial charge on any atom is -0.496 e. The zero-order valence-electron chi connectivity index (χ0n) is 9.01. The van der Waals surface area contributed by atoms with Crippen LogP contribution in [0.5, 0.6) is 5.75 Å². The van der Waals surface area contributed by atoms with Crippen LogP contribution in [0, 0.1) is 5.82 Å². The van der Waals surface area contributed by atoms with Gasteiger partial charge in [0.2, 0.25) is 0 Å². The molecule has 2 rings (SSSR count). The molecular weight excluding hydrogens is 245 g/mol. The SMILES string of the molecule is COc1cccc(F)c1C1=NC(C(=O)O)CS1. The Labute approximate surface area is 102 Å². The zero-order valence-corrected chi connectivity index (χ0v) is 9.83. The molecule has 0 fully saturated rings. The first-order chi connectivity index (χ1) is 8.13. The number of carboxylic acids is 1. The average molecular weight is 255 g/mol. The normalized spacial score (nSPS) is 18.9. The summed E-state index contributed by atoms with van der Waals surface area (Å²) in [6.07, 6.45) is 0. The van der Waals surface area contributed by atoms with Crippen molar-refractivity contribution in [2.45, 2.75) is 6.04 Å². The monoisotopic (exact) mass is 255 g/mol. The third-order valence-corrected chi connectivity index (χ3v) is 3.41. The van der Waals surface area contributed by atoms with Gasteiger partial charge in [-0.2, -0.15) is 0 Å². The molecule has 1 aliphatic heterocycles. The third kappa shape index (κ3) is 2.26. The Kier molecular flexibility index (Phi) is 3.33. The molecule has 0 radical (unpaired) electrons. The van der Waals surface area contributed by atoms with Crippen molar-refractivity contribution in [1.29, 1.82) is 0 Å². The van der Waals surface area contributed by atoms with Crippen LogP contribution in [0.25, 0.3) is 0 Å². The number of rotatable bonds is 3. The first-order valence-electron chi connectivity index (χ1n) is 4.89. The van der Waals surface area contributed by atoms with Crippen molar-refractivity contribution in [3.8, 4) is 5.75 Å². The van der Waals surface area contributed by atoms with Gasteiger partial charge in [-0.15, -0.1) is 11.8 Å². The maximum Gasteiger partial charge on any atom is 0.329 e. The number of carbonyl (C=O) groups is 1. The topological polar surface area (TPSA) is 58.9 Å². The molecule has 0 saturated carbocycles. The Hall–Kier alpha value is -1.56. The maximum absolute atomic E-state index is 13.7. The van der Waals surface area contributed by atoms with Crippen LogP contribution in [0.3, 0.4) is 0 Å². The molecule has 1 atom stereocenters. The van der Waals surface area contributed by atoms with Crippen LogP contribution in [0.4, 0.5) is 4.39 Å². The lowest BCUT2D eigenvalue weighted by atomic mass is 10.2. The number of hydrogen-bond donors (Lipinski definition) is 1. The number of halogens is 1. The molecule has 0 aromatic heterocycles. The number of thioether (sulfide) groups is 1. The van der Waals surface area contributed by atoms with Gasteiger partial charge in [0.15, 0.2) is 6.04 Å². The molecule has 1 N–H and O–H groups in total. The Morgan fingerprint density at radius 2 is 2.41 bits per heavy atom. The van der Waals surface area contributed by atoms with E-state index in [0.29, 0.717) is 16.5 Å². The highest BCUT2D eigenvalue weighted by Gasteiger charge is 2.28. The molecule has 1 aromatic rings. The summed E-state index contributed by atoms with van der Waals surface area (Å²) in [7, 11) is 1.44. The summed E-state index contributed by atoms with van der Waals surface area (Å²) in [6, 6.07) is 3.65. The highest BCUT2D eigenvalue weighted by molar-refractivity contribution is 8.14. The van der Waals surface area contributed by atoms with Gasteiger partial charge >= 0.3 is 5.97 Å². The van der Waals surface area contributed by atoms with Gasteiger partial charge in [0.1, 0.15) is 16.6 Å². The van der Waals surface area contributed by atoms with E-state index in [1.807, 2.05) is 0 Å². The third-order valence-electron chi connectivity index (χ3n) is 2.35. The van der Waals surface area contributed by atoms with Crippen LogP contribution >= 0.6 is 11.8 Å². The largest absolute Gasteiger partial charge is 0.496 e. The first kappa shape index (κ1) is 11.9. The summed E-state index contributed by atoms with van der Waals surface area (Å²) in [5.74, 6) is -0.769. The van der Waals surface area contributed by atoms with E-state index in [1.54, 1.807) is 6.07 Å². The lowest BCUT2D eigenvalue weighted by molar-refractivity contribution is -0.137. The molecule has 1 unspecified atom stereocenters. The van der Waals surface area contributed by atoms with E-state index in [9.17, 15) is 9.18 Å². The lowest BCUT2D eigenvalue weighted by Gasteiger charge is -2.08. The molecule has 0 bridgehead atoms. The molecule has 0 spiro atoms. The summed E-state index contributed by atoms with van der Waals surface area (Å²) in [4.78, 5) is 14.8. The smallest absolute Gasteiger partial charge is 0.329 e. The van der Waals surface area contributed by atoms with Crippen molar-refractivity contribution >= 4 is 22.8 Å². The Balaban J connectivity index is 2.41. The summed E-state index contributed by atoms with van der Waals surface area (Å²) in [5.41, 5.74) is 0.240. The van der Waals surface area contributed by atoms with Gasteiger partial charge in [0.05, 0.1) is 12.7 Å². The fourth-order valence-electron chi connectivity index (χ4n) is 1.52. The second kappa shape index (κ2) is 4.75. The Bertz CT molecular complexity index is 490. The predicted molar refractivity (Wildman–Crippen MR) is 63.4 cm³/mol. The van der Waals surface area contributed by atoms with Crippen molar-refractivity contribution in [1.82, 2.24) is 0 Å². The maximum atomic E-state index is 13.7. The van der Waals surface area contributed by atoms with Crippen molar-refractivity contribution in [2.24, 2.45) is 4.99 Å². The highest BCUT2D eigenvalue weighted by atomic mass is 32.2. The van der Waals surface area contributed by atoms with E-state index in [-0.39, 0.29) is 5.56 Å². The summed E-state index contributed by atoms with van der Waals surface area (Å²) in [6.45, 7) is 0. The van der Waals surface area contributed by atoms with Crippen LogP contribution in [-0.4, -0.2) is 35.0 Å². The predicted octanol–water partition coefficient (Wildman–Crippen LogP) is 1.78. The summed E-state index contributed by atoms with van der Waals surface area (Å²) >= 11 is 1.22. The molecule has 0 amide bonds. The van der Waals surface area contributed by atoms with Crippen LogP contribution in [-0.2, 0) is 4.79 Å². The average Bonchev–Trinajstić information content (AvgIpc) is 2.77. The summed E-state index contributed by atoms with van der Waals surface area (Å²) < 4.78 is 18.7. The highest BCUT2D eigenvalue weighted by Crippen LogP contribution is 2.31. The number of benzene rings is 1. The van der Waals surface area contributed by atoms with Crippen molar-refractivity contribution < 1.29 is 19.0 Å². The number of aliphatic imine (C=N–C) groups is 1. The van der Waals surface area contributed by atoms with Gasteiger partial charge in [-0.1, -0.05) is 6.07 Å². The van der Waals surface area contributed by atoms with Crippen LogP contribution in [0.15, 0.2) is 23.2 Å². The Morgan fingerprint density at radius 1 is 1.65 bits per heavy atom. The van der Waals surface area contributed by atoms with Gasteiger partial charge in [0.25, 0.3) is 0 Å². The molecular formula is C11H10FNO3S. The molecule has 1 heterocycles. The number of methoxy groups -OCH3 is 1. The number of ether oxygens (including phenoxy) is 1. The first-order valence-corrected chi connectivity index (χ1v) is 5.88. The van der Waals surface area contributed by atoms with Gasteiger partial charge in [-0.25, -0.2) is 9.18 Å². The minimum absolute atomic E-state index is 0.240.